The molecule has 0 N–H and O–H groups in total. The summed E-state index contributed by atoms with van der Waals surface area (Å²) in [5.74, 6) is 0. The highest BCUT2D eigenvalue weighted by Gasteiger charge is 2.43. The van der Waals surface area contributed by atoms with Crippen LogP contribution in [-0.2, 0) is 0 Å². The van der Waals surface area contributed by atoms with Gasteiger partial charge in [0.05, 0.1) is 5.41 Å². The molecular formula is C39H26. The molecule has 0 heterocycles. The van der Waals surface area contributed by atoms with E-state index >= 15 is 0 Å². The van der Waals surface area contributed by atoms with Crippen molar-refractivity contribution in [2.24, 2.45) is 5.41 Å². The van der Waals surface area contributed by atoms with Crippen molar-refractivity contribution in [3.63, 3.8) is 0 Å². The van der Waals surface area contributed by atoms with Gasteiger partial charge in [0.1, 0.15) is 0 Å². The van der Waals surface area contributed by atoms with Gasteiger partial charge < -0.3 is 0 Å². The summed E-state index contributed by atoms with van der Waals surface area (Å²) in [6, 6.07) is 38.8. The zero-order valence-electron chi connectivity index (χ0n) is 21.5. The van der Waals surface area contributed by atoms with E-state index in [0.717, 1.165) is 0 Å². The molecule has 0 aromatic heterocycles. The molecule has 39 heavy (non-hydrogen) atoms. The summed E-state index contributed by atoms with van der Waals surface area (Å²) in [6.07, 6.45) is 18.4. The molecule has 4 aliphatic rings. The average Bonchev–Trinajstić information content (AvgIpc) is 3.57. The molecule has 1 spiro atoms. The summed E-state index contributed by atoms with van der Waals surface area (Å²) in [7, 11) is 0. The standard InChI is InChI=1S/C25H16.C14H10/c1-3-9-19-17(7-1)15-23-21(19)11-5-13-25(23)14-6-12-22-20-10-4-2-8-18(20)16-24(22)25;1-2-6-12-10-14-8-4-3-7-13(14)9-11(12)5-1/h1-16H;1-10H. The maximum atomic E-state index is 2.38. The third-order valence-corrected chi connectivity index (χ3v) is 8.43. The molecule has 0 radical (unpaired) electrons. The van der Waals surface area contributed by atoms with Crippen LogP contribution in [0.25, 0.3) is 44.8 Å². The fourth-order valence-corrected chi connectivity index (χ4v) is 6.57. The Labute approximate surface area is 228 Å². The van der Waals surface area contributed by atoms with Gasteiger partial charge in [-0.05, 0) is 90.4 Å². The largest absolute Gasteiger partial charge is 0.0657 e. The van der Waals surface area contributed by atoms with E-state index < -0.39 is 0 Å². The number of benzene rings is 5. The minimum atomic E-state index is -0.161. The predicted molar refractivity (Wildman–Crippen MR) is 167 cm³/mol. The summed E-state index contributed by atoms with van der Waals surface area (Å²) >= 11 is 0. The molecule has 0 atom stereocenters. The van der Waals surface area contributed by atoms with Crippen molar-refractivity contribution in [3.05, 3.63) is 179 Å². The normalized spacial score (nSPS) is 16.8. The molecule has 0 saturated carbocycles. The SMILES string of the molecule is C1=CC2(C=CC=C3C2=Cc2ccccc23)C2=Cc3ccccc3C2=C1.c1ccc2cc3ccccc3cc2c1. The molecular weight excluding hydrogens is 468 g/mol. The van der Waals surface area contributed by atoms with Crippen molar-refractivity contribution < 1.29 is 0 Å². The van der Waals surface area contributed by atoms with Crippen LogP contribution in [0.5, 0.6) is 0 Å². The zero-order valence-corrected chi connectivity index (χ0v) is 21.5. The first kappa shape index (κ1) is 22.1. The van der Waals surface area contributed by atoms with Crippen LogP contribution < -0.4 is 0 Å². The Hall–Kier alpha value is -4.94. The lowest BCUT2D eigenvalue weighted by Gasteiger charge is -2.36. The first-order valence-electron chi connectivity index (χ1n) is 13.6. The molecule has 0 heteroatoms. The van der Waals surface area contributed by atoms with Gasteiger partial charge in [0.25, 0.3) is 0 Å². The average molecular weight is 495 g/mol. The molecule has 5 aromatic rings. The van der Waals surface area contributed by atoms with Gasteiger partial charge in [-0.15, -0.1) is 0 Å². The van der Waals surface area contributed by atoms with Gasteiger partial charge in [-0.2, -0.15) is 0 Å². The predicted octanol–water partition coefficient (Wildman–Crippen LogP) is 10.1. The quantitative estimate of drug-likeness (QED) is 0.188. The molecule has 0 nitrogen and oxygen atoms in total. The fourth-order valence-electron chi connectivity index (χ4n) is 6.57. The van der Waals surface area contributed by atoms with Gasteiger partial charge in [0, 0.05) is 0 Å². The second-order valence-corrected chi connectivity index (χ2v) is 10.6. The van der Waals surface area contributed by atoms with Crippen LogP contribution >= 0.6 is 0 Å². The summed E-state index contributed by atoms with van der Waals surface area (Å²) in [5, 5.41) is 5.25. The van der Waals surface area contributed by atoms with E-state index in [1.54, 1.807) is 0 Å². The first-order valence-corrected chi connectivity index (χ1v) is 13.6. The van der Waals surface area contributed by atoms with E-state index in [4.69, 9.17) is 0 Å². The van der Waals surface area contributed by atoms with Gasteiger partial charge in [-0.3, -0.25) is 0 Å². The van der Waals surface area contributed by atoms with Crippen LogP contribution in [0.15, 0.2) is 157 Å². The Morgan fingerprint density at radius 2 is 0.795 bits per heavy atom. The number of rotatable bonds is 0. The smallest absolute Gasteiger partial charge is 0.0581 e. The van der Waals surface area contributed by atoms with E-state index in [0.29, 0.717) is 0 Å². The summed E-state index contributed by atoms with van der Waals surface area (Å²) in [6.45, 7) is 0. The topological polar surface area (TPSA) is 0 Å². The Kier molecular flexibility index (Phi) is 4.84. The lowest BCUT2D eigenvalue weighted by Crippen LogP contribution is -2.24. The molecule has 0 unspecified atom stereocenters. The molecule has 0 fully saturated rings. The minimum absolute atomic E-state index is 0.161. The maximum Gasteiger partial charge on any atom is 0.0581 e. The molecule has 0 aliphatic heterocycles. The van der Waals surface area contributed by atoms with Crippen LogP contribution in [-0.4, -0.2) is 0 Å². The Morgan fingerprint density at radius 1 is 0.410 bits per heavy atom. The lowest BCUT2D eigenvalue weighted by molar-refractivity contribution is 0.754. The fraction of sp³-hybridized carbons (Fsp3) is 0.0256. The van der Waals surface area contributed by atoms with Crippen molar-refractivity contribution in [2.45, 2.75) is 0 Å². The van der Waals surface area contributed by atoms with E-state index in [2.05, 4.69) is 158 Å². The second kappa shape index (κ2) is 8.55. The van der Waals surface area contributed by atoms with E-state index in [-0.39, 0.29) is 5.41 Å². The van der Waals surface area contributed by atoms with Gasteiger partial charge in [0.2, 0.25) is 0 Å². The Balaban J connectivity index is 0.000000142. The molecule has 182 valence electrons. The Bertz CT molecular complexity index is 1800. The van der Waals surface area contributed by atoms with Crippen molar-refractivity contribution in [1.82, 2.24) is 0 Å². The van der Waals surface area contributed by atoms with Crippen molar-refractivity contribution in [1.29, 1.82) is 0 Å². The molecule has 4 aliphatic carbocycles. The Morgan fingerprint density at radius 3 is 1.23 bits per heavy atom. The number of hydrogen-bond acceptors (Lipinski definition) is 0. The van der Waals surface area contributed by atoms with Gasteiger partial charge in [0.15, 0.2) is 0 Å². The third-order valence-electron chi connectivity index (χ3n) is 8.43. The maximum absolute atomic E-state index is 2.38. The molecule has 0 bridgehead atoms. The van der Waals surface area contributed by atoms with Gasteiger partial charge >= 0.3 is 0 Å². The van der Waals surface area contributed by atoms with E-state index in [1.807, 2.05) is 0 Å². The summed E-state index contributed by atoms with van der Waals surface area (Å²) in [5.41, 5.74) is 10.7. The second-order valence-electron chi connectivity index (χ2n) is 10.6. The van der Waals surface area contributed by atoms with Crippen LogP contribution in [0.1, 0.15) is 22.3 Å². The minimum Gasteiger partial charge on any atom is -0.0657 e. The number of allylic oxidation sites excluding steroid dienone is 10. The van der Waals surface area contributed by atoms with Crippen LogP contribution in [0.3, 0.4) is 0 Å². The van der Waals surface area contributed by atoms with Gasteiger partial charge in [-0.1, -0.05) is 134 Å². The molecule has 5 aromatic carbocycles. The highest BCUT2D eigenvalue weighted by Crippen LogP contribution is 2.58. The molecule has 0 amide bonds. The van der Waals surface area contributed by atoms with Gasteiger partial charge in [-0.25, -0.2) is 0 Å². The van der Waals surface area contributed by atoms with Crippen LogP contribution in [0, 0.1) is 5.41 Å². The first-order chi connectivity index (χ1) is 19.3. The van der Waals surface area contributed by atoms with Crippen molar-refractivity contribution in [2.75, 3.05) is 0 Å². The highest BCUT2D eigenvalue weighted by atomic mass is 14.5. The van der Waals surface area contributed by atoms with Crippen LogP contribution in [0.4, 0.5) is 0 Å². The van der Waals surface area contributed by atoms with Crippen molar-refractivity contribution in [3.8, 4) is 0 Å². The van der Waals surface area contributed by atoms with E-state index in [9.17, 15) is 0 Å². The van der Waals surface area contributed by atoms with E-state index in [1.165, 1.54) is 66.1 Å². The monoisotopic (exact) mass is 494 g/mol. The highest BCUT2D eigenvalue weighted by molar-refractivity contribution is 6.05. The number of hydrogen-bond donors (Lipinski definition) is 0. The van der Waals surface area contributed by atoms with Crippen LogP contribution in [0.2, 0.25) is 0 Å². The zero-order chi connectivity index (χ0) is 25.8. The third kappa shape index (κ3) is 3.39. The van der Waals surface area contributed by atoms with Crippen molar-refractivity contribution >= 4 is 44.8 Å². The number of fused-ring (bicyclic) bond motifs is 10. The molecule has 9 rings (SSSR count). The molecule has 0 saturated heterocycles. The lowest BCUT2D eigenvalue weighted by atomic mass is 9.65. The summed E-state index contributed by atoms with van der Waals surface area (Å²) < 4.78 is 0. The summed E-state index contributed by atoms with van der Waals surface area (Å²) in [4.78, 5) is 0.